The Labute approximate surface area is 220 Å². The molecule has 0 spiro atoms. The number of nitrogens with zero attached hydrogens (tertiary/aromatic N) is 2. The number of ketones is 1. The highest BCUT2D eigenvalue weighted by molar-refractivity contribution is 7.51. The SMILES string of the molecule is O=C(c1ccc(-c2cc[n+](CCP(=O)(O)O)cc2)cc1)c1ccc(-c2cc[n+](CCP(=O)(O)O)cc2)cc1. The molecule has 0 bridgehead atoms. The van der Waals surface area contributed by atoms with E-state index in [4.69, 9.17) is 19.6 Å². The van der Waals surface area contributed by atoms with Crippen LogP contribution in [0, 0.1) is 0 Å². The van der Waals surface area contributed by atoms with Crippen LogP contribution in [0.1, 0.15) is 15.9 Å². The predicted octanol–water partition coefficient (Wildman–Crippen LogP) is 3.18. The van der Waals surface area contributed by atoms with Crippen LogP contribution in [0.15, 0.2) is 97.6 Å². The van der Waals surface area contributed by atoms with Crippen molar-refractivity contribution in [2.24, 2.45) is 0 Å². The van der Waals surface area contributed by atoms with E-state index in [1.165, 1.54) is 0 Å². The number of carbonyl (C=O) groups excluding carboxylic acids is 1. The molecule has 0 saturated heterocycles. The van der Waals surface area contributed by atoms with Gasteiger partial charge in [-0.05, 0) is 22.3 Å². The highest BCUT2D eigenvalue weighted by Gasteiger charge is 2.17. The molecule has 2 aromatic heterocycles. The molecule has 196 valence electrons. The maximum atomic E-state index is 13.0. The van der Waals surface area contributed by atoms with Gasteiger partial charge in [0.05, 0.1) is 0 Å². The fourth-order valence-electron chi connectivity index (χ4n) is 3.88. The van der Waals surface area contributed by atoms with Crippen molar-refractivity contribution in [3.8, 4) is 22.3 Å². The van der Waals surface area contributed by atoms with E-state index in [1.807, 2.05) is 48.5 Å². The zero-order valence-corrected chi connectivity index (χ0v) is 22.2. The van der Waals surface area contributed by atoms with Gasteiger partial charge >= 0.3 is 15.2 Å². The Hall–Kier alpha value is -3.29. The summed E-state index contributed by atoms with van der Waals surface area (Å²) in [4.78, 5) is 49.1. The molecule has 0 atom stereocenters. The summed E-state index contributed by atoms with van der Waals surface area (Å²) in [6.45, 7) is 0.445. The number of aromatic nitrogens is 2. The number of hydrogen-bond donors (Lipinski definition) is 4. The third kappa shape index (κ3) is 7.85. The van der Waals surface area contributed by atoms with E-state index < -0.39 is 15.2 Å². The first-order valence-corrected chi connectivity index (χ1v) is 15.4. The molecular weight excluding hydrogens is 526 g/mol. The van der Waals surface area contributed by atoms with Gasteiger partial charge in [0.2, 0.25) is 0 Å². The summed E-state index contributed by atoms with van der Waals surface area (Å²) in [7, 11) is -8.09. The second kappa shape index (κ2) is 11.6. The Bertz CT molecular complexity index is 1380. The van der Waals surface area contributed by atoms with Crippen LogP contribution in [0.2, 0.25) is 0 Å². The zero-order valence-electron chi connectivity index (χ0n) is 20.4. The first-order valence-electron chi connectivity index (χ1n) is 11.8. The first-order chi connectivity index (χ1) is 18.0. The van der Waals surface area contributed by atoms with Crippen LogP contribution in [0.3, 0.4) is 0 Å². The Morgan fingerprint density at radius 3 is 1.11 bits per heavy atom. The summed E-state index contributed by atoms with van der Waals surface area (Å²) in [5.41, 5.74) is 4.79. The normalized spacial score (nSPS) is 11.9. The zero-order chi connectivity index (χ0) is 27.3. The molecule has 0 radical (unpaired) electrons. The van der Waals surface area contributed by atoms with Crippen molar-refractivity contribution in [3.05, 3.63) is 109 Å². The van der Waals surface area contributed by atoms with E-state index in [9.17, 15) is 13.9 Å². The molecule has 0 aliphatic heterocycles. The smallest absolute Gasteiger partial charge is 0.324 e. The van der Waals surface area contributed by atoms with Crippen molar-refractivity contribution in [1.82, 2.24) is 0 Å². The second-order valence-corrected chi connectivity index (χ2v) is 12.5. The quantitative estimate of drug-likeness (QED) is 0.134. The highest BCUT2D eigenvalue weighted by atomic mass is 31.2. The van der Waals surface area contributed by atoms with Gasteiger partial charge in [-0.3, -0.25) is 13.9 Å². The van der Waals surface area contributed by atoms with Crippen LogP contribution in [-0.4, -0.2) is 37.7 Å². The molecule has 4 aromatic rings. The molecule has 4 rings (SSSR count). The molecule has 0 saturated carbocycles. The molecule has 0 fully saturated rings. The summed E-state index contributed by atoms with van der Waals surface area (Å²) in [5, 5.41) is 0. The lowest BCUT2D eigenvalue weighted by molar-refractivity contribution is -0.692. The van der Waals surface area contributed by atoms with Gasteiger partial charge in [0.25, 0.3) is 0 Å². The number of carbonyl (C=O) groups is 1. The standard InChI is InChI=1S/C27H26N2O7P2/c30-27(25-5-1-21(2-6-25)23-9-13-28(14-10-23)17-19-37(31,32)33)26-7-3-22(4-8-26)24-11-15-29(16-12-24)18-20-38(34,35)36/h1-16H,17-20H2,(H2-2,31,32,33,34,35,36)/p+2. The number of pyridine rings is 2. The third-order valence-corrected chi connectivity index (χ3v) is 7.61. The lowest BCUT2D eigenvalue weighted by Gasteiger charge is -2.06. The Morgan fingerprint density at radius 2 is 0.816 bits per heavy atom. The van der Waals surface area contributed by atoms with Crippen molar-refractivity contribution in [2.75, 3.05) is 12.3 Å². The van der Waals surface area contributed by atoms with Crippen molar-refractivity contribution < 1.29 is 42.6 Å². The molecule has 0 aliphatic carbocycles. The molecule has 11 heteroatoms. The molecule has 4 N–H and O–H groups in total. The van der Waals surface area contributed by atoms with Gasteiger partial charge in [-0.15, -0.1) is 0 Å². The van der Waals surface area contributed by atoms with Gasteiger partial charge in [0, 0.05) is 35.4 Å². The van der Waals surface area contributed by atoms with E-state index in [1.54, 1.807) is 58.2 Å². The van der Waals surface area contributed by atoms with Crippen LogP contribution < -0.4 is 9.13 Å². The average molecular weight is 554 g/mol. The predicted molar refractivity (Wildman–Crippen MR) is 141 cm³/mol. The summed E-state index contributed by atoms with van der Waals surface area (Å²) in [5.74, 6) is -0.102. The van der Waals surface area contributed by atoms with Crippen LogP contribution in [0.5, 0.6) is 0 Å². The van der Waals surface area contributed by atoms with Crippen molar-refractivity contribution in [3.63, 3.8) is 0 Å². The molecule has 2 heterocycles. The molecule has 9 nitrogen and oxygen atoms in total. The Morgan fingerprint density at radius 1 is 0.526 bits per heavy atom. The first kappa shape index (κ1) is 27.7. The fourth-order valence-corrected chi connectivity index (χ4v) is 4.87. The van der Waals surface area contributed by atoms with Crippen LogP contribution >= 0.6 is 15.2 Å². The van der Waals surface area contributed by atoms with Crippen molar-refractivity contribution >= 4 is 21.0 Å². The van der Waals surface area contributed by atoms with E-state index in [0.29, 0.717) is 11.1 Å². The minimum absolute atomic E-state index is 0.102. The summed E-state index contributed by atoms with van der Waals surface area (Å²) in [6, 6.07) is 22.0. The van der Waals surface area contributed by atoms with Gasteiger partial charge in [-0.1, -0.05) is 48.5 Å². The minimum Gasteiger partial charge on any atom is -0.324 e. The van der Waals surface area contributed by atoms with Gasteiger partial charge in [0.1, 0.15) is 12.3 Å². The van der Waals surface area contributed by atoms with Crippen LogP contribution in [-0.2, 0) is 22.2 Å². The van der Waals surface area contributed by atoms with E-state index in [2.05, 4.69) is 0 Å². The molecule has 0 unspecified atom stereocenters. The van der Waals surface area contributed by atoms with Crippen molar-refractivity contribution in [2.45, 2.75) is 13.1 Å². The van der Waals surface area contributed by atoms with E-state index in [-0.39, 0.29) is 31.2 Å². The molecule has 0 amide bonds. The maximum absolute atomic E-state index is 13.0. The fraction of sp³-hybridized carbons (Fsp3) is 0.148. The lowest BCUT2D eigenvalue weighted by atomic mass is 9.98. The van der Waals surface area contributed by atoms with Gasteiger partial charge in [-0.2, -0.15) is 0 Å². The topological polar surface area (TPSA) is 140 Å². The Balaban J connectivity index is 1.39. The summed E-state index contributed by atoms with van der Waals surface area (Å²) in [6.07, 6.45) is 6.62. The van der Waals surface area contributed by atoms with Crippen LogP contribution in [0.25, 0.3) is 22.3 Å². The number of rotatable bonds is 10. The Kier molecular flexibility index (Phi) is 8.48. The largest absolute Gasteiger partial charge is 0.331 e. The number of aryl methyl sites for hydroxylation is 2. The molecule has 0 aliphatic rings. The average Bonchev–Trinajstić information content (AvgIpc) is 2.90. The van der Waals surface area contributed by atoms with Gasteiger partial charge < -0.3 is 19.6 Å². The minimum atomic E-state index is -4.04. The number of benzene rings is 2. The van der Waals surface area contributed by atoms with Crippen LogP contribution in [0.4, 0.5) is 0 Å². The summed E-state index contributed by atoms with van der Waals surface area (Å²) >= 11 is 0. The highest BCUT2D eigenvalue weighted by Crippen LogP contribution is 2.34. The maximum Gasteiger partial charge on any atom is 0.331 e. The van der Waals surface area contributed by atoms with Crippen molar-refractivity contribution in [1.29, 1.82) is 0 Å². The van der Waals surface area contributed by atoms with Gasteiger partial charge in [0.15, 0.2) is 43.7 Å². The van der Waals surface area contributed by atoms with Gasteiger partial charge in [-0.25, -0.2) is 9.13 Å². The molecular formula is C27H28N2O7P2+2. The lowest BCUT2D eigenvalue weighted by Crippen LogP contribution is -2.34. The summed E-state index contributed by atoms with van der Waals surface area (Å²) < 4.78 is 25.5. The molecule has 2 aromatic carbocycles. The third-order valence-electron chi connectivity index (χ3n) is 6.04. The number of hydrogen-bond acceptors (Lipinski definition) is 3. The monoisotopic (exact) mass is 554 g/mol. The van der Waals surface area contributed by atoms with E-state index in [0.717, 1.165) is 22.3 Å². The van der Waals surface area contributed by atoms with E-state index >= 15 is 0 Å². The second-order valence-electron chi connectivity index (χ2n) is 8.91. The molecule has 38 heavy (non-hydrogen) atoms.